The summed E-state index contributed by atoms with van der Waals surface area (Å²) in [5, 5.41) is 11.7. The second-order valence-electron chi connectivity index (χ2n) is 4.35. The van der Waals surface area contributed by atoms with Gasteiger partial charge in [-0.25, -0.2) is 4.79 Å². The molecule has 0 radical (unpaired) electrons. The van der Waals surface area contributed by atoms with Crippen LogP contribution in [0.4, 0.5) is 16.2 Å². The van der Waals surface area contributed by atoms with Gasteiger partial charge in [-0.1, -0.05) is 15.9 Å². The quantitative estimate of drug-likeness (QED) is 0.725. The van der Waals surface area contributed by atoms with E-state index in [0.717, 1.165) is 9.37 Å². The van der Waals surface area contributed by atoms with Crippen LogP contribution in [0.1, 0.15) is 12.8 Å². The summed E-state index contributed by atoms with van der Waals surface area (Å²) in [6, 6.07) is 4.48. The van der Waals surface area contributed by atoms with E-state index in [9.17, 15) is 9.59 Å². The Hall–Kier alpha value is -1.76. The standard InChI is InChI=1S/C12H14BrN3O3/c13-7-3-4-9(8(14)6-7)15-11(17)10-2-1-5-16(10)12(18)19/h3-4,6,10H,1-2,5,14H2,(H,15,17)(H,18,19). The van der Waals surface area contributed by atoms with Crippen LogP contribution in [0.15, 0.2) is 22.7 Å². The fourth-order valence-electron chi connectivity index (χ4n) is 2.13. The highest BCUT2D eigenvalue weighted by Crippen LogP contribution is 2.25. The van der Waals surface area contributed by atoms with Gasteiger partial charge in [0.2, 0.25) is 5.91 Å². The molecule has 19 heavy (non-hydrogen) atoms. The van der Waals surface area contributed by atoms with Crippen LogP contribution >= 0.6 is 15.9 Å². The van der Waals surface area contributed by atoms with Crippen LogP contribution in [-0.2, 0) is 4.79 Å². The number of rotatable bonds is 2. The van der Waals surface area contributed by atoms with Crippen LogP contribution < -0.4 is 11.1 Å². The summed E-state index contributed by atoms with van der Waals surface area (Å²) in [5.41, 5.74) is 6.71. The molecule has 0 aliphatic carbocycles. The molecule has 1 fully saturated rings. The minimum absolute atomic E-state index is 0.339. The number of carbonyl (C=O) groups excluding carboxylic acids is 1. The van der Waals surface area contributed by atoms with Gasteiger partial charge in [-0.3, -0.25) is 9.69 Å². The number of nitrogens with zero attached hydrogens (tertiary/aromatic N) is 1. The topological polar surface area (TPSA) is 95.7 Å². The SMILES string of the molecule is Nc1cc(Br)ccc1NC(=O)C1CCCN1C(=O)O. The van der Waals surface area contributed by atoms with Gasteiger partial charge in [0, 0.05) is 11.0 Å². The van der Waals surface area contributed by atoms with E-state index in [2.05, 4.69) is 21.2 Å². The Morgan fingerprint density at radius 1 is 1.47 bits per heavy atom. The molecule has 4 N–H and O–H groups in total. The summed E-state index contributed by atoms with van der Waals surface area (Å²) in [6.45, 7) is 0.392. The molecule has 1 aromatic carbocycles. The monoisotopic (exact) mass is 327 g/mol. The number of carbonyl (C=O) groups is 2. The number of hydrogen-bond donors (Lipinski definition) is 3. The van der Waals surface area contributed by atoms with Gasteiger partial charge < -0.3 is 16.2 Å². The predicted molar refractivity (Wildman–Crippen MR) is 74.9 cm³/mol. The average Bonchev–Trinajstić information content (AvgIpc) is 2.82. The van der Waals surface area contributed by atoms with Crippen LogP contribution in [0.5, 0.6) is 0 Å². The minimum Gasteiger partial charge on any atom is -0.465 e. The summed E-state index contributed by atoms with van der Waals surface area (Å²) in [4.78, 5) is 24.2. The van der Waals surface area contributed by atoms with Crippen molar-refractivity contribution in [2.24, 2.45) is 0 Å². The molecule has 0 spiro atoms. The number of nitrogens with one attached hydrogen (secondary N) is 1. The Labute approximate surface area is 118 Å². The summed E-state index contributed by atoms with van der Waals surface area (Å²) >= 11 is 3.28. The zero-order valence-corrected chi connectivity index (χ0v) is 11.7. The van der Waals surface area contributed by atoms with Gasteiger partial charge in [0.05, 0.1) is 11.4 Å². The van der Waals surface area contributed by atoms with Crippen molar-refractivity contribution in [1.29, 1.82) is 0 Å². The molecular weight excluding hydrogens is 314 g/mol. The number of amides is 2. The Kier molecular flexibility index (Phi) is 3.94. The van der Waals surface area contributed by atoms with Crippen molar-refractivity contribution in [2.75, 3.05) is 17.6 Å². The normalized spacial score (nSPS) is 18.4. The zero-order chi connectivity index (χ0) is 14.0. The fourth-order valence-corrected chi connectivity index (χ4v) is 2.51. The highest BCUT2D eigenvalue weighted by molar-refractivity contribution is 9.10. The predicted octanol–water partition coefficient (Wildman–Crippen LogP) is 2.11. The van der Waals surface area contributed by atoms with Crippen molar-refractivity contribution in [3.8, 4) is 0 Å². The van der Waals surface area contributed by atoms with Crippen LogP contribution in [0.3, 0.4) is 0 Å². The van der Waals surface area contributed by atoms with Crippen LogP contribution in [0, 0.1) is 0 Å². The number of carboxylic acid groups (broad SMARTS) is 1. The van der Waals surface area contributed by atoms with Crippen LogP contribution in [0.25, 0.3) is 0 Å². The van der Waals surface area contributed by atoms with E-state index < -0.39 is 12.1 Å². The van der Waals surface area contributed by atoms with Gasteiger partial charge in [0.25, 0.3) is 0 Å². The molecule has 0 saturated carbocycles. The van der Waals surface area contributed by atoms with Crippen molar-refractivity contribution in [1.82, 2.24) is 4.90 Å². The van der Waals surface area contributed by atoms with Crippen molar-refractivity contribution >= 4 is 39.3 Å². The maximum atomic E-state index is 12.1. The number of hydrogen-bond acceptors (Lipinski definition) is 3. The number of nitrogens with two attached hydrogens (primary N) is 1. The average molecular weight is 328 g/mol. The van der Waals surface area contributed by atoms with Crippen LogP contribution in [-0.4, -0.2) is 34.6 Å². The maximum absolute atomic E-state index is 12.1. The molecule has 0 aromatic heterocycles. The van der Waals surface area contributed by atoms with Gasteiger partial charge in [-0.2, -0.15) is 0 Å². The first-order valence-electron chi connectivity index (χ1n) is 5.84. The molecule has 7 heteroatoms. The summed E-state index contributed by atoms with van der Waals surface area (Å²) in [5.74, 6) is -0.339. The third-order valence-electron chi connectivity index (χ3n) is 3.07. The summed E-state index contributed by atoms with van der Waals surface area (Å²) < 4.78 is 0.816. The smallest absolute Gasteiger partial charge is 0.407 e. The molecule has 2 amide bonds. The fraction of sp³-hybridized carbons (Fsp3) is 0.333. The molecule has 0 bridgehead atoms. The first-order chi connectivity index (χ1) is 8.99. The minimum atomic E-state index is -1.07. The van der Waals surface area contributed by atoms with E-state index in [0.29, 0.717) is 30.8 Å². The molecule has 1 unspecified atom stereocenters. The number of likely N-dealkylation sites (tertiary alicyclic amines) is 1. The van der Waals surface area contributed by atoms with E-state index in [1.54, 1.807) is 18.2 Å². The van der Waals surface area contributed by atoms with E-state index in [4.69, 9.17) is 10.8 Å². The van der Waals surface area contributed by atoms with E-state index in [1.165, 1.54) is 0 Å². The molecule has 1 heterocycles. The molecule has 1 saturated heterocycles. The lowest BCUT2D eigenvalue weighted by molar-refractivity contribution is -0.119. The molecule has 2 rings (SSSR count). The number of anilines is 2. The van der Waals surface area contributed by atoms with E-state index >= 15 is 0 Å². The number of halogens is 1. The van der Waals surface area contributed by atoms with Gasteiger partial charge >= 0.3 is 6.09 Å². The molecule has 1 aliphatic heterocycles. The number of nitrogen functional groups attached to an aromatic ring is 1. The lowest BCUT2D eigenvalue weighted by Crippen LogP contribution is -2.42. The van der Waals surface area contributed by atoms with Crippen molar-refractivity contribution < 1.29 is 14.7 Å². The van der Waals surface area contributed by atoms with Crippen LogP contribution in [0.2, 0.25) is 0 Å². The Balaban J connectivity index is 2.10. The highest BCUT2D eigenvalue weighted by atomic mass is 79.9. The lowest BCUT2D eigenvalue weighted by Gasteiger charge is -2.21. The Morgan fingerprint density at radius 2 is 2.21 bits per heavy atom. The molecule has 102 valence electrons. The van der Waals surface area contributed by atoms with Gasteiger partial charge in [-0.05, 0) is 31.0 Å². The number of benzene rings is 1. The van der Waals surface area contributed by atoms with Gasteiger partial charge in [0.15, 0.2) is 0 Å². The Morgan fingerprint density at radius 3 is 2.84 bits per heavy atom. The Bertz CT molecular complexity index is 521. The summed E-state index contributed by atoms with van der Waals surface area (Å²) in [6.07, 6.45) is 0.163. The van der Waals surface area contributed by atoms with Crippen molar-refractivity contribution in [3.63, 3.8) is 0 Å². The van der Waals surface area contributed by atoms with E-state index in [1.807, 2.05) is 0 Å². The zero-order valence-electron chi connectivity index (χ0n) is 10.1. The third-order valence-corrected chi connectivity index (χ3v) is 3.57. The molecule has 6 nitrogen and oxygen atoms in total. The highest BCUT2D eigenvalue weighted by Gasteiger charge is 2.34. The largest absolute Gasteiger partial charge is 0.465 e. The lowest BCUT2D eigenvalue weighted by atomic mass is 10.2. The second-order valence-corrected chi connectivity index (χ2v) is 5.27. The maximum Gasteiger partial charge on any atom is 0.407 e. The van der Waals surface area contributed by atoms with Crippen molar-refractivity contribution in [2.45, 2.75) is 18.9 Å². The van der Waals surface area contributed by atoms with Gasteiger partial charge in [-0.15, -0.1) is 0 Å². The molecule has 1 atom stereocenters. The molecule has 1 aromatic rings. The molecule has 1 aliphatic rings. The summed E-state index contributed by atoms with van der Waals surface area (Å²) in [7, 11) is 0. The van der Waals surface area contributed by atoms with Crippen molar-refractivity contribution in [3.05, 3.63) is 22.7 Å². The first kappa shape index (κ1) is 13.7. The molecular formula is C12H14BrN3O3. The first-order valence-corrected chi connectivity index (χ1v) is 6.64. The van der Waals surface area contributed by atoms with E-state index in [-0.39, 0.29) is 5.91 Å². The van der Waals surface area contributed by atoms with Gasteiger partial charge in [0.1, 0.15) is 6.04 Å². The second kappa shape index (κ2) is 5.48. The third kappa shape index (κ3) is 2.98.